The van der Waals surface area contributed by atoms with Gasteiger partial charge in [-0.2, -0.15) is 0 Å². The van der Waals surface area contributed by atoms with Crippen molar-refractivity contribution in [2.75, 3.05) is 5.32 Å². The van der Waals surface area contributed by atoms with Gasteiger partial charge >= 0.3 is 0 Å². The van der Waals surface area contributed by atoms with Gasteiger partial charge in [0.1, 0.15) is 0 Å². The molecule has 1 saturated heterocycles. The van der Waals surface area contributed by atoms with Crippen LogP contribution in [-0.2, 0) is 22.6 Å². The maximum absolute atomic E-state index is 12.7. The minimum Gasteiger partial charge on any atom is -0.392 e. The number of para-hydroxylation sites is 2. The summed E-state index contributed by atoms with van der Waals surface area (Å²) >= 11 is 0. The molecule has 0 spiro atoms. The summed E-state index contributed by atoms with van der Waals surface area (Å²) < 4.78 is 15.3. The highest BCUT2D eigenvalue weighted by atomic mass is 16.7. The first-order valence-electron chi connectivity index (χ1n) is 13.3. The number of hydrogen-bond donors (Lipinski definition) is 2. The van der Waals surface area contributed by atoms with Gasteiger partial charge in [0.05, 0.1) is 48.3 Å². The van der Waals surface area contributed by atoms with Crippen molar-refractivity contribution in [3.05, 3.63) is 126 Å². The number of anilines is 1. The Bertz CT molecular complexity index is 1600. The molecule has 0 unspecified atom stereocenters. The summed E-state index contributed by atoms with van der Waals surface area (Å²) in [7, 11) is 0. The van der Waals surface area contributed by atoms with E-state index in [9.17, 15) is 9.90 Å². The minimum absolute atomic E-state index is 0.0129. The highest BCUT2D eigenvalue weighted by Crippen LogP contribution is 2.42. The van der Waals surface area contributed by atoms with E-state index in [4.69, 9.17) is 9.47 Å². The van der Waals surface area contributed by atoms with E-state index in [-0.39, 0.29) is 30.6 Å². The molecule has 4 atom stereocenters. The quantitative estimate of drug-likeness (QED) is 0.279. The van der Waals surface area contributed by atoms with Crippen LogP contribution in [0.3, 0.4) is 0 Å². The minimum atomic E-state index is -0.659. The van der Waals surface area contributed by atoms with E-state index in [2.05, 4.69) is 32.8 Å². The predicted octanol–water partition coefficient (Wildman–Crippen LogP) is 5.67. The molecular weight excluding hydrogens is 504 g/mol. The zero-order chi connectivity index (χ0) is 27.5. The third kappa shape index (κ3) is 5.37. The lowest BCUT2D eigenvalue weighted by Gasteiger charge is -2.41. The van der Waals surface area contributed by atoms with Crippen molar-refractivity contribution in [2.45, 2.75) is 38.6 Å². The fourth-order valence-electron chi connectivity index (χ4n) is 5.14. The molecule has 0 bridgehead atoms. The average molecular weight is 535 g/mol. The van der Waals surface area contributed by atoms with Crippen LogP contribution < -0.4 is 5.32 Å². The number of carbonyl (C=O) groups excluding carboxylic acids is 1. The Morgan fingerprint density at radius 1 is 0.975 bits per heavy atom. The molecule has 0 aliphatic carbocycles. The van der Waals surface area contributed by atoms with Crippen molar-refractivity contribution in [1.29, 1.82) is 0 Å². The Hall–Kier alpha value is -4.37. The van der Waals surface area contributed by atoms with Gasteiger partial charge < -0.3 is 24.5 Å². The van der Waals surface area contributed by atoms with Crippen molar-refractivity contribution in [2.24, 2.45) is 5.92 Å². The Kier molecular flexibility index (Phi) is 7.37. The lowest BCUT2D eigenvalue weighted by atomic mass is 9.90. The van der Waals surface area contributed by atoms with Crippen LogP contribution in [0, 0.1) is 5.92 Å². The summed E-state index contributed by atoms with van der Waals surface area (Å²) in [6.45, 7) is 2.72. The number of nitrogens with zero attached hydrogens (tertiary/aromatic N) is 3. The van der Waals surface area contributed by atoms with E-state index < -0.39 is 6.29 Å². The van der Waals surface area contributed by atoms with Gasteiger partial charge in [0.15, 0.2) is 6.29 Å². The summed E-state index contributed by atoms with van der Waals surface area (Å²) in [5.41, 5.74) is 5.76. The number of pyridine rings is 1. The van der Waals surface area contributed by atoms with Crippen LogP contribution in [-0.4, -0.2) is 31.7 Å². The number of benzene rings is 3. The van der Waals surface area contributed by atoms with Crippen LogP contribution in [0.5, 0.6) is 0 Å². The van der Waals surface area contributed by atoms with E-state index in [1.54, 1.807) is 18.3 Å². The van der Waals surface area contributed by atoms with Gasteiger partial charge in [-0.15, -0.1) is 0 Å². The molecule has 6 rings (SSSR count). The van der Waals surface area contributed by atoms with Gasteiger partial charge in [-0.05, 0) is 47.5 Å². The van der Waals surface area contributed by atoms with Crippen molar-refractivity contribution < 1.29 is 19.4 Å². The number of aliphatic hydroxyl groups excluding tert-OH is 1. The van der Waals surface area contributed by atoms with E-state index in [0.717, 1.165) is 27.7 Å². The topological polar surface area (TPSA) is 98.5 Å². The number of nitrogens with one attached hydrogen (secondary N) is 1. The second kappa shape index (κ2) is 11.4. The summed E-state index contributed by atoms with van der Waals surface area (Å²) in [5.74, 6) is -0.220. The molecule has 8 nitrogen and oxygen atoms in total. The van der Waals surface area contributed by atoms with Gasteiger partial charge in [0.2, 0.25) is 0 Å². The van der Waals surface area contributed by atoms with Crippen molar-refractivity contribution >= 4 is 22.6 Å². The van der Waals surface area contributed by atoms with E-state index in [1.165, 1.54) is 6.20 Å². The molecule has 202 valence electrons. The Labute approximate surface area is 232 Å². The van der Waals surface area contributed by atoms with Crippen LogP contribution in [0.15, 0.2) is 104 Å². The Morgan fingerprint density at radius 3 is 2.62 bits per heavy atom. The third-order valence-corrected chi connectivity index (χ3v) is 7.37. The number of hydrogen-bond acceptors (Lipinski definition) is 6. The first-order valence-corrected chi connectivity index (χ1v) is 13.3. The molecule has 2 N–H and O–H groups in total. The molecule has 5 aromatic rings. The van der Waals surface area contributed by atoms with Gasteiger partial charge in [-0.3, -0.25) is 9.78 Å². The van der Waals surface area contributed by atoms with Gasteiger partial charge in [-0.1, -0.05) is 55.5 Å². The van der Waals surface area contributed by atoms with E-state index in [0.29, 0.717) is 17.8 Å². The molecule has 3 heterocycles. The summed E-state index contributed by atoms with van der Waals surface area (Å²) in [6, 6.07) is 26.9. The number of aromatic nitrogens is 3. The highest BCUT2D eigenvalue weighted by molar-refractivity contribution is 6.04. The van der Waals surface area contributed by atoms with Crippen LogP contribution in [0.25, 0.3) is 11.0 Å². The normalized spacial score (nSPS) is 20.9. The molecule has 0 radical (unpaired) electrons. The number of aliphatic hydroxyl groups is 1. The monoisotopic (exact) mass is 534 g/mol. The lowest BCUT2D eigenvalue weighted by Crippen LogP contribution is -2.39. The number of rotatable bonds is 7. The molecule has 1 amide bonds. The van der Waals surface area contributed by atoms with Crippen LogP contribution in [0.4, 0.5) is 5.69 Å². The predicted molar refractivity (Wildman–Crippen MR) is 151 cm³/mol. The van der Waals surface area contributed by atoms with E-state index in [1.807, 2.05) is 73.1 Å². The zero-order valence-electron chi connectivity index (χ0n) is 22.1. The van der Waals surface area contributed by atoms with E-state index >= 15 is 0 Å². The Balaban J connectivity index is 1.30. The third-order valence-electron chi connectivity index (χ3n) is 7.37. The lowest BCUT2D eigenvalue weighted by molar-refractivity contribution is -0.276. The van der Waals surface area contributed by atoms with Gasteiger partial charge in [0, 0.05) is 29.6 Å². The van der Waals surface area contributed by atoms with Gasteiger partial charge in [-0.25, -0.2) is 4.98 Å². The zero-order valence-corrected chi connectivity index (χ0v) is 22.1. The van der Waals surface area contributed by atoms with Crippen molar-refractivity contribution in [3.63, 3.8) is 0 Å². The van der Waals surface area contributed by atoms with Crippen LogP contribution in [0.1, 0.15) is 46.4 Å². The van der Waals surface area contributed by atoms with Crippen molar-refractivity contribution in [3.8, 4) is 0 Å². The first-order chi connectivity index (χ1) is 19.6. The highest BCUT2D eigenvalue weighted by Gasteiger charge is 2.38. The largest absolute Gasteiger partial charge is 0.392 e. The van der Waals surface area contributed by atoms with Crippen LogP contribution >= 0.6 is 0 Å². The fraction of sp³-hybridized carbons (Fsp3) is 0.219. The summed E-state index contributed by atoms with van der Waals surface area (Å²) in [6.07, 6.45) is 3.92. The van der Waals surface area contributed by atoms with Gasteiger partial charge in [0.25, 0.3) is 5.91 Å². The average Bonchev–Trinajstić information content (AvgIpc) is 3.41. The Morgan fingerprint density at radius 2 is 1.82 bits per heavy atom. The number of ether oxygens (including phenoxy) is 2. The molecule has 8 heteroatoms. The second-order valence-corrected chi connectivity index (χ2v) is 10.0. The van der Waals surface area contributed by atoms with Crippen molar-refractivity contribution in [1.82, 2.24) is 14.5 Å². The number of amides is 1. The maximum atomic E-state index is 12.7. The molecule has 40 heavy (non-hydrogen) atoms. The number of fused-ring (bicyclic) bond motifs is 1. The van der Waals surface area contributed by atoms with Crippen LogP contribution in [0.2, 0.25) is 0 Å². The smallest absolute Gasteiger partial charge is 0.257 e. The molecule has 3 aromatic carbocycles. The molecule has 1 fully saturated rings. The number of carbonyl (C=O) groups is 1. The molecule has 1 aliphatic rings. The standard InChI is InChI=1S/C32H30N4O4/c1-21-29(18-36-20-34-27-9-2-3-10-28(27)36)39-32(40-30(21)23-13-11-22(19-37)12-14-23)24-6-4-8-26(16-24)35-31(38)25-7-5-15-33-17-25/h2-17,20-21,29-30,32,37H,18-19H2,1H3,(H,35,38)/t21-,29+,30+,32+/m1/s1. The summed E-state index contributed by atoms with van der Waals surface area (Å²) in [5, 5.41) is 12.5. The fourth-order valence-corrected chi connectivity index (χ4v) is 5.14. The number of imidazole rings is 1. The summed E-state index contributed by atoms with van der Waals surface area (Å²) in [4.78, 5) is 21.3. The second-order valence-electron chi connectivity index (χ2n) is 10.0. The molecular formula is C32H30N4O4. The maximum Gasteiger partial charge on any atom is 0.257 e. The molecule has 2 aromatic heterocycles. The SMILES string of the molecule is C[C@@H]1[C@H](Cn2cnc3ccccc32)O[C@H](c2cccc(NC(=O)c3cccnc3)c2)O[C@@H]1c1ccc(CO)cc1. The molecule has 1 aliphatic heterocycles. The first kappa shape index (κ1) is 25.9. The molecule has 0 saturated carbocycles.